The van der Waals surface area contributed by atoms with E-state index >= 15 is 0 Å². The van der Waals surface area contributed by atoms with Crippen molar-refractivity contribution in [3.05, 3.63) is 82.7 Å². The van der Waals surface area contributed by atoms with Gasteiger partial charge in [0.1, 0.15) is 5.01 Å². The largest absolute Gasteiger partial charge is 0.240 e. The molecule has 0 saturated heterocycles. The van der Waals surface area contributed by atoms with Crippen LogP contribution in [0.4, 0.5) is 0 Å². The van der Waals surface area contributed by atoms with Gasteiger partial charge in [0.15, 0.2) is 0 Å². The van der Waals surface area contributed by atoms with Crippen molar-refractivity contribution in [3.8, 4) is 21.0 Å². The van der Waals surface area contributed by atoms with Gasteiger partial charge in [-0.3, -0.25) is 0 Å². The van der Waals surface area contributed by atoms with Gasteiger partial charge in [-0.25, -0.2) is 18.1 Å². The Morgan fingerprint density at radius 1 is 0.929 bits per heavy atom. The number of aromatic nitrogens is 1. The molecule has 0 unspecified atom stereocenters. The summed E-state index contributed by atoms with van der Waals surface area (Å²) in [6.07, 6.45) is 0. The summed E-state index contributed by atoms with van der Waals surface area (Å²) >= 11 is 3.15. The molecule has 0 aliphatic heterocycles. The molecule has 2 aromatic heterocycles. The second-order valence-corrected chi connectivity index (χ2v) is 10.0. The average molecular weight is 427 g/mol. The van der Waals surface area contributed by atoms with Gasteiger partial charge in [0.05, 0.1) is 15.5 Å². The predicted octanol–water partition coefficient (Wildman–Crippen LogP) is 5.33. The van der Waals surface area contributed by atoms with Crippen LogP contribution in [0, 0.1) is 6.92 Å². The quantitative estimate of drug-likeness (QED) is 0.454. The molecule has 0 aliphatic carbocycles. The summed E-state index contributed by atoms with van der Waals surface area (Å²) in [5.74, 6) is 0. The van der Waals surface area contributed by atoms with Crippen LogP contribution in [0.1, 0.15) is 10.6 Å². The number of hydrogen-bond donors (Lipinski definition) is 1. The summed E-state index contributed by atoms with van der Waals surface area (Å²) in [6.45, 7) is 2.14. The number of nitrogens with one attached hydrogen (secondary N) is 1. The van der Waals surface area contributed by atoms with E-state index < -0.39 is 10.0 Å². The van der Waals surface area contributed by atoms with Crippen molar-refractivity contribution in [1.82, 2.24) is 9.71 Å². The van der Waals surface area contributed by atoms with E-state index in [0.717, 1.165) is 31.6 Å². The van der Waals surface area contributed by atoms with Gasteiger partial charge >= 0.3 is 0 Å². The van der Waals surface area contributed by atoms with Gasteiger partial charge in [-0.05, 0) is 41.6 Å². The molecule has 2 aromatic carbocycles. The highest BCUT2D eigenvalue weighted by molar-refractivity contribution is 7.89. The molecule has 0 amide bonds. The molecule has 0 bridgehead atoms. The SMILES string of the molecule is Cc1nc(-c2cccs2)sc1CNS(=O)(=O)c1ccc(-c2ccccc2)cc1. The molecular weight excluding hydrogens is 408 g/mol. The summed E-state index contributed by atoms with van der Waals surface area (Å²) in [5, 5.41) is 2.93. The van der Waals surface area contributed by atoms with Crippen LogP contribution in [-0.2, 0) is 16.6 Å². The third-order valence-electron chi connectivity index (χ3n) is 4.32. The second kappa shape index (κ2) is 7.97. The number of rotatable bonds is 6. The molecule has 142 valence electrons. The third-order valence-corrected chi connectivity index (χ3v) is 7.93. The fourth-order valence-electron chi connectivity index (χ4n) is 2.80. The van der Waals surface area contributed by atoms with Crippen LogP contribution in [-0.4, -0.2) is 13.4 Å². The summed E-state index contributed by atoms with van der Waals surface area (Å²) in [4.78, 5) is 6.84. The molecule has 0 aliphatic rings. The molecule has 7 heteroatoms. The molecule has 4 aromatic rings. The van der Waals surface area contributed by atoms with E-state index in [1.54, 1.807) is 23.5 Å². The van der Waals surface area contributed by atoms with E-state index in [1.165, 1.54) is 11.3 Å². The minimum absolute atomic E-state index is 0.234. The van der Waals surface area contributed by atoms with Gasteiger partial charge < -0.3 is 0 Å². The van der Waals surface area contributed by atoms with Gasteiger partial charge in [0.2, 0.25) is 10.0 Å². The summed E-state index contributed by atoms with van der Waals surface area (Å²) in [5.41, 5.74) is 2.90. The fraction of sp³-hybridized carbons (Fsp3) is 0.0952. The Morgan fingerprint density at radius 3 is 2.32 bits per heavy atom. The van der Waals surface area contributed by atoms with Crippen molar-refractivity contribution < 1.29 is 8.42 Å². The Bertz CT molecular complexity index is 1160. The Balaban J connectivity index is 1.49. The van der Waals surface area contributed by atoms with E-state index in [4.69, 9.17) is 0 Å². The van der Waals surface area contributed by atoms with Gasteiger partial charge in [0.25, 0.3) is 0 Å². The molecule has 0 spiro atoms. The number of nitrogens with zero attached hydrogens (tertiary/aromatic N) is 1. The molecule has 0 radical (unpaired) electrons. The minimum Gasteiger partial charge on any atom is -0.240 e. The molecule has 2 heterocycles. The van der Waals surface area contributed by atoms with Crippen molar-refractivity contribution in [2.75, 3.05) is 0 Å². The maximum atomic E-state index is 12.7. The third kappa shape index (κ3) is 4.07. The van der Waals surface area contributed by atoms with Crippen molar-refractivity contribution in [2.45, 2.75) is 18.4 Å². The molecule has 0 fully saturated rings. The Hall–Kier alpha value is -2.32. The average Bonchev–Trinajstić information content (AvgIpc) is 3.37. The van der Waals surface area contributed by atoms with E-state index in [-0.39, 0.29) is 11.4 Å². The van der Waals surface area contributed by atoms with E-state index in [0.29, 0.717) is 0 Å². The van der Waals surface area contributed by atoms with Crippen LogP contribution in [0.25, 0.3) is 21.0 Å². The number of hydrogen-bond acceptors (Lipinski definition) is 5. The van der Waals surface area contributed by atoms with Gasteiger partial charge in [0, 0.05) is 11.4 Å². The van der Waals surface area contributed by atoms with Crippen LogP contribution in [0.2, 0.25) is 0 Å². The summed E-state index contributed by atoms with van der Waals surface area (Å²) in [6, 6.07) is 20.8. The number of thiazole rings is 1. The van der Waals surface area contributed by atoms with E-state index in [1.807, 2.05) is 66.9 Å². The van der Waals surface area contributed by atoms with Crippen LogP contribution < -0.4 is 4.72 Å². The number of thiophene rings is 1. The van der Waals surface area contributed by atoms with Gasteiger partial charge in [-0.15, -0.1) is 22.7 Å². The Labute approximate surface area is 172 Å². The van der Waals surface area contributed by atoms with Crippen molar-refractivity contribution in [3.63, 3.8) is 0 Å². The first-order valence-corrected chi connectivity index (χ1v) is 11.9. The Kier molecular flexibility index (Phi) is 5.41. The zero-order valence-electron chi connectivity index (χ0n) is 15.1. The summed E-state index contributed by atoms with van der Waals surface area (Å²) < 4.78 is 28.0. The van der Waals surface area contributed by atoms with E-state index in [2.05, 4.69) is 9.71 Å². The molecule has 1 N–H and O–H groups in total. The molecule has 28 heavy (non-hydrogen) atoms. The topological polar surface area (TPSA) is 59.1 Å². The number of benzene rings is 2. The normalized spacial score (nSPS) is 11.6. The highest BCUT2D eigenvalue weighted by Gasteiger charge is 2.16. The number of aryl methyl sites for hydroxylation is 1. The van der Waals surface area contributed by atoms with Crippen LogP contribution >= 0.6 is 22.7 Å². The first kappa shape index (κ1) is 19.0. The monoisotopic (exact) mass is 426 g/mol. The lowest BCUT2D eigenvalue weighted by Crippen LogP contribution is -2.23. The second-order valence-electron chi connectivity index (χ2n) is 6.22. The Morgan fingerprint density at radius 2 is 1.64 bits per heavy atom. The van der Waals surface area contributed by atoms with E-state index in [9.17, 15) is 8.42 Å². The predicted molar refractivity (Wildman–Crippen MR) is 116 cm³/mol. The van der Waals surface area contributed by atoms with Crippen LogP contribution in [0.3, 0.4) is 0 Å². The molecule has 0 atom stereocenters. The number of sulfonamides is 1. The van der Waals surface area contributed by atoms with Crippen molar-refractivity contribution >= 4 is 32.7 Å². The fourth-order valence-corrected chi connectivity index (χ4v) is 5.68. The first-order valence-electron chi connectivity index (χ1n) is 8.68. The van der Waals surface area contributed by atoms with Crippen LogP contribution in [0.15, 0.2) is 77.0 Å². The van der Waals surface area contributed by atoms with Crippen molar-refractivity contribution in [1.29, 1.82) is 0 Å². The maximum absolute atomic E-state index is 12.7. The first-order chi connectivity index (χ1) is 13.5. The minimum atomic E-state index is -3.59. The maximum Gasteiger partial charge on any atom is 0.240 e. The van der Waals surface area contributed by atoms with Crippen molar-refractivity contribution in [2.24, 2.45) is 0 Å². The smallest absolute Gasteiger partial charge is 0.240 e. The zero-order valence-corrected chi connectivity index (χ0v) is 17.6. The molecule has 4 rings (SSSR count). The lowest BCUT2D eigenvalue weighted by Gasteiger charge is -2.07. The highest BCUT2D eigenvalue weighted by Crippen LogP contribution is 2.31. The lowest BCUT2D eigenvalue weighted by molar-refractivity contribution is 0.581. The van der Waals surface area contributed by atoms with Crippen LogP contribution in [0.5, 0.6) is 0 Å². The summed E-state index contributed by atoms with van der Waals surface area (Å²) in [7, 11) is -3.59. The van der Waals surface area contributed by atoms with Gasteiger partial charge in [-0.2, -0.15) is 0 Å². The zero-order chi connectivity index (χ0) is 19.6. The van der Waals surface area contributed by atoms with Gasteiger partial charge in [-0.1, -0.05) is 48.5 Å². The highest BCUT2D eigenvalue weighted by atomic mass is 32.2. The molecular formula is C21H18N2O2S3. The molecule has 0 saturated carbocycles. The lowest BCUT2D eigenvalue weighted by atomic mass is 10.1. The standard InChI is InChI=1S/C21H18N2O2S3/c1-15-20(27-21(23-15)19-8-5-13-26-19)14-22-28(24,25)18-11-9-17(10-12-18)16-6-3-2-4-7-16/h2-13,22H,14H2,1H3. The molecule has 4 nitrogen and oxygen atoms in total.